The second-order valence-corrected chi connectivity index (χ2v) is 4.35. The molecule has 0 aliphatic rings. The van der Waals surface area contributed by atoms with Crippen LogP contribution in [0.1, 0.15) is 31.2 Å². The van der Waals surface area contributed by atoms with Crippen molar-refractivity contribution in [2.24, 2.45) is 0 Å². The van der Waals surface area contributed by atoms with Crippen LogP contribution >= 0.6 is 0 Å². The number of aliphatic carboxylic acids is 1. The van der Waals surface area contributed by atoms with Crippen molar-refractivity contribution in [2.45, 2.75) is 32.1 Å². The highest BCUT2D eigenvalue weighted by atomic mass is 16.5. The zero-order valence-electron chi connectivity index (χ0n) is 10.8. The van der Waals surface area contributed by atoms with Gasteiger partial charge in [0.2, 0.25) is 5.91 Å². The molecule has 19 heavy (non-hydrogen) atoms. The Balaban J connectivity index is 2.18. The van der Waals surface area contributed by atoms with E-state index in [1.807, 2.05) is 30.3 Å². The van der Waals surface area contributed by atoms with E-state index >= 15 is 0 Å². The fraction of sp³-hybridized carbons (Fsp3) is 0.429. The van der Waals surface area contributed by atoms with Crippen LogP contribution in [0.25, 0.3) is 0 Å². The number of hydrogen-bond acceptors (Lipinski definition) is 3. The Bertz CT molecular complexity index is 405. The van der Waals surface area contributed by atoms with Gasteiger partial charge >= 0.3 is 5.97 Å². The minimum absolute atomic E-state index is 0.0473. The molecule has 1 aromatic rings. The van der Waals surface area contributed by atoms with E-state index in [4.69, 9.17) is 5.11 Å². The van der Waals surface area contributed by atoms with Crippen LogP contribution < -0.4 is 0 Å². The number of carbonyl (C=O) groups excluding carboxylic acids is 1. The first kappa shape index (κ1) is 15.2. The Hall–Kier alpha value is -1.88. The first-order valence-electron chi connectivity index (χ1n) is 6.34. The van der Waals surface area contributed by atoms with Gasteiger partial charge in [-0.2, -0.15) is 0 Å². The molecule has 2 N–H and O–H groups in total. The van der Waals surface area contributed by atoms with Gasteiger partial charge < -0.3 is 5.11 Å². The van der Waals surface area contributed by atoms with E-state index in [1.165, 1.54) is 0 Å². The molecule has 1 amide bonds. The summed E-state index contributed by atoms with van der Waals surface area (Å²) in [5, 5.41) is 18.5. The van der Waals surface area contributed by atoms with Gasteiger partial charge in [-0.25, -0.2) is 5.06 Å². The second kappa shape index (κ2) is 8.26. The van der Waals surface area contributed by atoms with Gasteiger partial charge in [0, 0.05) is 19.4 Å². The highest BCUT2D eigenvalue weighted by Gasteiger charge is 2.10. The Morgan fingerprint density at radius 3 is 2.37 bits per heavy atom. The maximum Gasteiger partial charge on any atom is 0.303 e. The molecule has 1 aromatic carbocycles. The molecule has 0 unspecified atom stereocenters. The van der Waals surface area contributed by atoms with E-state index < -0.39 is 5.97 Å². The van der Waals surface area contributed by atoms with Gasteiger partial charge in [0.05, 0.1) is 0 Å². The maximum absolute atomic E-state index is 11.5. The second-order valence-electron chi connectivity index (χ2n) is 4.35. The van der Waals surface area contributed by atoms with Gasteiger partial charge in [-0.3, -0.25) is 14.8 Å². The molecule has 0 saturated carbocycles. The predicted octanol–water partition coefficient (Wildman–Crippen LogP) is 2.09. The van der Waals surface area contributed by atoms with Gasteiger partial charge in [-0.05, 0) is 24.8 Å². The fourth-order valence-corrected chi connectivity index (χ4v) is 1.72. The summed E-state index contributed by atoms with van der Waals surface area (Å²) in [4.78, 5) is 21.8. The van der Waals surface area contributed by atoms with E-state index in [0.29, 0.717) is 11.5 Å². The monoisotopic (exact) mass is 265 g/mol. The Labute approximate surface area is 112 Å². The lowest BCUT2D eigenvalue weighted by Crippen LogP contribution is -2.28. The summed E-state index contributed by atoms with van der Waals surface area (Å²) >= 11 is 0. The van der Waals surface area contributed by atoms with Gasteiger partial charge in [-0.1, -0.05) is 30.3 Å². The Kier molecular flexibility index (Phi) is 6.60. The molecule has 0 aromatic heterocycles. The van der Waals surface area contributed by atoms with E-state index in [2.05, 4.69) is 0 Å². The zero-order chi connectivity index (χ0) is 14.1. The highest BCUT2D eigenvalue weighted by Crippen LogP contribution is 2.06. The molecular weight excluding hydrogens is 246 g/mol. The summed E-state index contributed by atoms with van der Waals surface area (Å²) in [6, 6.07) is 9.82. The summed E-state index contributed by atoms with van der Waals surface area (Å²) in [5.74, 6) is -1.29. The molecule has 0 spiro atoms. The number of hydroxylamine groups is 2. The largest absolute Gasteiger partial charge is 0.481 e. The number of carboxylic acids is 1. The van der Waals surface area contributed by atoms with Gasteiger partial charge in [0.15, 0.2) is 0 Å². The molecule has 104 valence electrons. The van der Waals surface area contributed by atoms with E-state index in [-0.39, 0.29) is 31.7 Å². The van der Waals surface area contributed by atoms with Gasteiger partial charge in [0.1, 0.15) is 0 Å². The number of nitrogens with zero attached hydrogens (tertiary/aromatic N) is 1. The van der Waals surface area contributed by atoms with E-state index in [1.54, 1.807) is 0 Å². The average molecular weight is 265 g/mol. The topological polar surface area (TPSA) is 77.8 Å². The van der Waals surface area contributed by atoms with Crippen LogP contribution in [0.2, 0.25) is 0 Å². The molecule has 0 heterocycles. The summed E-state index contributed by atoms with van der Waals surface area (Å²) in [7, 11) is 0. The lowest BCUT2D eigenvalue weighted by molar-refractivity contribution is -0.166. The van der Waals surface area contributed by atoms with Crippen LogP contribution in [0.4, 0.5) is 0 Å². The lowest BCUT2D eigenvalue weighted by Gasteiger charge is -2.14. The van der Waals surface area contributed by atoms with Gasteiger partial charge in [-0.15, -0.1) is 0 Å². The molecule has 5 nitrogen and oxygen atoms in total. The maximum atomic E-state index is 11.5. The summed E-state index contributed by atoms with van der Waals surface area (Å²) in [6.07, 6.45) is 1.93. The fourth-order valence-electron chi connectivity index (χ4n) is 1.72. The van der Waals surface area contributed by atoms with Crippen molar-refractivity contribution in [2.75, 3.05) is 6.54 Å². The van der Waals surface area contributed by atoms with Crippen molar-refractivity contribution >= 4 is 11.9 Å². The summed E-state index contributed by atoms with van der Waals surface area (Å²) in [5.41, 5.74) is 1.16. The minimum Gasteiger partial charge on any atom is -0.481 e. The summed E-state index contributed by atoms with van der Waals surface area (Å²) < 4.78 is 0. The standard InChI is InChI=1S/C14H19NO4/c16-13(15(19)11-5-10-14(17)18)9-4-8-12-6-2-1-3-7-12/h1-3,6-7,19H,4-5,8-11H2,(H,17,18). The molecule has 0 bridgehead atoms. The Morgan fingerprint density at radius 2 is 1.74 bits per heavy atom. The van der Waals surface area contributed by atoms with Crippen LogP contribution in [0.3, 0.4) is 0 Å². The highest BCUT2D eigenvalue weighted by molar-refractivity contribution is 5.75. The SMILES string of the molecule is O=C(O)CCCN(O)C(=O)CCCc1ccccc1. The molecule has 0 aliphatic carbocycles. The van der Waals surface area contributed by atoms with Crippen LogP contribution in [-0.4, -0.2) is 33.8 Å². The lowest BCUT2D eigenvalue weighted by atomic mass is 10.1. The van der Waals surface area contributed by atoms with Crippen LogP contribution in [-0.2, 0) is 16.0 Å². The zero-order valence-corrected chi connectivity index (χ0v) is 10.8. The van der Waals surface area contributed by atoms with E-state index in [0.717, 1.165) is 12.0 Å². The van der Waals surface area contributed by atoms with Gasteiger partial charge in [0.25, 0.3) is 0 Å². The third-order valence-electron chi connectivity index (χ3n) is 2.75. The number of aryl methyl sites for hydroxylation is 1. The molecule has 0 saturated heterocycles. The third kappa shape index (κ3) is 6.57. The van der Waals surface area contributed by atoms with Crippen molar-refractivity contribution in [3.05, 3.63) is 35.9 Å². The van der Waals surface area contributed by atoms with E-state index in [9.17, 15) is 14.8 Å². The first-order chi connectivity index (χ1) is 9.09. The quantitative estimate of drug-likeness (QED) is 0.557. The number of carbonyl (C=O) groups is 2. The molecule has 0 atom stereocenters. The third-order valence-corrected chi connectivity index (χ3v) is 2.75. The van der Waals surface area contributed by atoms with Crippen LogP contribution in [0.5, 0.6) is 0 Å². The number of hydrogen-bond donors (Lipinski definition) is 2. The molecule has 0 radical (unpaired) electrons. The van der Waals surface area contributed by atoms with Crippen molar-refractivity contribution in [3.8, 4) is 0 Å². The smallest absolute Gasteiger partial charge is 0.303 e. The molecule has 1 rings (SSSR count). The first-order valence-corrected chi connectivity index (χ1v) is 6.34. The van der Waals surface area contributed by atoms with Crippen molar-refractivity contribution in [1.29, 1.82) is 0 Å². The molecular formula is C14H19NO4. The minimum atomic E-state index is -0.926. The van der Waals surface area contributed by atoms with Crippen molar-refractivity contribution in [1.82, 2.24) is 5.06 Å². The van der Waals surface area contributed by atoms with Crippen LogP contribution in [0, 0.1) is 0 Å². The molecule has 0 fully saturated rings. The van der Waals surface area contributed by atoms with Crippen molar-refractivity contribution in [3.63, 3.8) is 0 Å². The average Bonchev–Trinajstić information content (AvgIpc) is 2.39. The molecule has 5 heteroatoms. The van der Waals surface area contributed by atoms with Crippen LogP contribution in [0.15, 0.2) is 30.3 Å². The predicted molar refractivity (Wildman–Crippen MR) is 69.7 cm³/mol. The normalized spacial score (nSPS) is 10.2. The number of benzene rings is 1. The summed E-state index contributed by atoms with van der Waals surface area (Å²) in [6.45, 7) is 0.0659. The number of carboxylic acid groups (broad SMARTS) is 1. The number of amides is 1. The molecule has 0 aliphatic heterocycles. The van der Waals surface area contributed by atoms with Crippen molar-refractivity contribution < 1.29 is 19.9 Å². The number of rotatable bonds is 8. The Morgan fingerprint density at radius 1 is 1.05 bits per heavy atom.